The van der Waals surface area contributed by atoms with Crippen LogP contribution in [0.1, 0.15) is 16.8 Å². The molecule has 0 aliphatic carbocycles. The Hall–Kier alpha value is -0.870. The highest BCUT2D eigenvalue weighted by atomic mass is 79.9. The standard InChI is InChI=1S/C12H14BrNO2/c13-11-3-1-10(2-4-11)12(15)14-7-9-5-6-16-8-9/h1-4,9H,5-8H2,(H,14,15)/t9-/m0/s1. The van der Waals surface area contributed by atoms with Crippen molar-refractivity contribution in [1.29, 1.82) is 0 Å². The van der Waals surface area contributed by atoms with Crippen molar-refractivity contribution in [2.24, 2.45) is 5.92 Å². The first-order valence-electron chi connectivity index (χ1n) is 5.37. The lowest BCUT2D eigenvalue weighted by atomic mass is 10.1. The van der Waals surface area contributed by atoms with Gasteiger partial charge in [0, 0.05) is 29.1 Å². The first kappa shape index (κ1) is 11.6. The molecule has 1 aliphatic heterocycles. The average Bonchev–Trinajstić information content (AvgIpc) is 2.80. The van der Waals surface area contributed by atoms with Crippen LogP contribution >= 0.6 is 15.9 Å². The predicted octanol–water partition coefficient (Wildman–Crippen LogP) is 2.22. The lowest BCUT2D eigenvalue weighted by Gasteiger charge is -2.09. The molecule has 86 valence electrons. The molecule has 1 heterocycles. The van der Waals surface area contributed by atoms with E-state index in [0.717, 1.165) is 24.1 Å². The molecule has 4 heteroatoms. The summed E-state index contributed by atoms with van der Waals surface area (Å²) in [5.74, 6) is 0.457. The summed E-state index contributed by atoms with van der Waals surface area (Å²) < 4.78 is 6.23. The van der Waals surface area contributed by atoms with E-state index in [2.05, 4.69) is 21.2 Å². The molecule has 0 saturated carbocycles. The molecule has 0 radical (unpaired) electrons. The lowest BCUT2D eigenvalue weighted by molar-refractivity contribution is 0.0945. The molecule has 0 spiro atoms. The number of halogens is 1. The zero-order valence-electron chi connectivity index (χ0n) is 8.91. The quantitative estimate of drug-likeness (QED) is 0.924. The van der Waals surface area contributed by atoms with E-state index in [-0.39, 0.29) is 5.91 Å². The van der Waals surface area contributed by atoms with Crippen LogP contribution in [0.15, 0.2) is 28.7 Å². The minimum atomic E-state index is -0.0144. The first-order valence-corrected chi connectivity index (χ1v) is 6.16. The van der Waals surface area contributed by atoms with Crippen molar-refractivity contribution in [1.82, 2.24) is 5.32 Å². The van der Waals surface area contributed by atoms with E-state index in [1.54, 1.807) is 0 Å². The molecule has 1 fully saturated rings. The Kier molecular flexibility index (Phi) is 3.96. The number of rotatable bonds is 3. The Morgan fingerprint density at radius 1 is 1.44 bits per heavy atom. The molecule has 1 aromatic rings. The highest BCUT2D eigenvalue weighted by Gasteiger charge is 2.16. The molecule has 16 heavy (non-hydrogen) atoms. The maximum absolute atomic E-state index is 11.7. The van der Waals surface area contributed by atoms with Crippen molar-refractivity contribution in [3.63, 3.8) is 0 Å². The van der Waals surface area contributed by atoms with Crippen LogP contribution in [-0.2, 0) is 4.74 Å². The van der Waals surface area contributed by atoms with Crippen LogP contribution in [0.5, 0.6) is 0 Å². The van der Waals surface area contributed by atoms with Crippen molar-refractivity contribution in [3.05, 3.63) is 34.3 Å². The smallest absolute Gasteiger partial charge is 0.251 e. The van der Waals surface area contributed by atoms with Gasteiger partial charge in [0.05, 0.1) is 6.61 Å². The van der Waals surface area contributed by atoms with E-state index < -0.39 is 0 Å². The third-order valence-corrected chi connectivity index (χ3v) is 3.21. The minimum Gasteiger partial charge on any atom is -0.381 e. The Morgan fingerprint density at radius 2 is 2.19 bits per heavy atom. The summed E-state index contributed by atoms with van der Waals surface area (Å²) in [6.07, 6.45) is 1.04. The van der Waals surface area contributed by atoms with Crippen molar-refractivity contribution >= 4 is 21.8 Å². The summed E-state index contributed by atoms with van der Waals surface area (Å²) in [5, 5.41) is 2.93. The SMILES string of the molecule is O=C(NC[C@@H]1CCOC1)c1ccc(Br)cc1. The normalized spacial score (nSPS) is 19.7. The Balaban J connectivity index is 1.85. The van der Waals surface area contributed by atoms with E-state index in [0.29, 0.717) is 18.0 Å². The molecule has 1 saturated heterocycles. The summed E-state index contributed by atoms with van der Waals surface area (Å²) in [4.78, 5) is 11.7. The van der Waals surface area contributed by atoms with Crippen LogP contribution in [0, 0.1) is 5.92 Å². The Morgan fingerprint density at radius 3 is 2.81 bits per heavy atom. The van der Waals surface area contributed by atoms with Gasteiger partial charge in [-0.3, -0.25) is 4.79 Å². The van der Waals surface area contributed by atoms with E-state index in [9.17, 15) is 4.79 Å². The molecule has 1 N–H and O–H groups in total. The highest BCUT2D eigenvalue weighted by molar-refractivity contribution is 9.10. The molecule has 1 aliphatic rings. The van der Waals surface area contributed by atoms with Gasteiger partial charge in [-0.05, 0) is 30.7 Å². The van der Waals surface area contributed by atoms with Gasteiger partial charge in [-0.1, -0.05) is 15.9 Å². The molecular weight excluding hydrogens is 270 g/mol. The summed E-state index contributed by atoms with van der Waals surface area (Å²) in [5.41, 5.74) is 0.696. The zero-order valence-corrected chi connectivity index (χ0v) is 10.5. The average molecular weight is 284 g/mol. The number of ether oxygens (including phenoxy) is 1. The van der Waals surface area contributed by atoms with Crippen molar-refractivity contribution < 1.29 is 9.53 Å². The topological polar surface area (TPSA) is 38.3 Å². The number of benzene rings is 1. The summed E-state index contributed by atoms with van der Waals surface area (Å²) in [6, 6.07) is 7.36. The molecule has 1 amide bonds. The first-order chi connectivity index (χ1) is 7.75. The molecule has 0 aromatic heterocycles. The van der Waals surface area contributed by atoms with Crippen molar-refractivity contribution in [2.75, 3.05) is 19.8 Å². The fourth-order valence-electron chi connectivity index (χ4n) is 1.68. The maximum Gasteiger partial charge on any atom is 0.251 e. The third kappa shape index (κ3) is 3.06. The van der Waals surface area contributed by atoms with E-state index in [1.807, 2.05) is 24.3 Å². The van der Waals surface area contributed by atoms with Gasteiger partial charge in [0.2, 0.25) is 0 Å². The van der Waals surface area contributed by atoms with E-state index >= 15 is 0 Å². The van der Waals surface area contributed by atoms with Crippen LogP contribution in [0.3, 0.4) is 0 Å². The van der Waals surface area contributed by atoms with E-state index in [1.165, 1.54) is 0 Å². The number of hydrogen-bond acceptors (Lipinski definition) is 2. The second-order valence-electron chi connectivity index (χ2n) is 3.95. The van der Waals surface area contributed by atoms with Crippen LogP contribution in [-0.4, -0.2) is 25.7 Å². The molecule has 1 aromatic carbocycles. The Bertz CT molecular complexity index is 358. The molecule has 2 rings (SSSR count). The van der Waals surface area contributed by atoms with Gasteiger partial charge in [0.25, 0.3) is 5.91 Å². The molecule has 0 unspecified atom stereocenters. The number of nitrogens with one attached hydrogen (secondary N) is 1. The molecular formula is C12H14BrNO2. The third-order valence-electron chi connectivity index (χ3n) is 2.68. The van der Waals surface area contributed by atoms with Gasteiger partial charge in [-0.2, -0.15) is 0 Å². The van der Waals surface area contributed by atoms with Crippen LogP contribution in [0.25, 0.3) is 0 Å². The number of hydrogen-bond donors (Lipinski definition) is 1. The summed E-state index contributed by atoms with van der Waals surface area (Å²) in [6.45, 7) is 2.29. The summed E-state index contributed by atoms with van der Waals surface area (Å²) in [7, 11) is 0. The second kappa shape index (κ2) is 5.46. The number of carbonyl (C=O) groups is 1. The van der Waals surface area contributed by atoms with E-state index in [4.69, 9.17) is 4.74 Å². The predicted molar refractivity (Wildman–Crippen MR) is 65.4 cm³/mol. The van der Waals surface area contributed by atoms with Crippen molar-refractivity contribution in [3.8, 4) is 0 Å². The highest BCUT2D eigenvalue weighted by Crippen LogP contribution is 2.12. The largest absolute Gasteiger partial charge is 0.381 e. The van der Waals surface area contributed by atoms with Crippen LogP contribution in [0.2, 0.25) is 0 Å². The molecule has 1 atom stereocenters. The fraction of sp³-hybridized carbons (Fsp3) is 0.417. The van der Waals surface area contributed by atoms with Gasteiger partial charge in [0.1, 0.15) is 0 Å². The van der Waals surface area contributed by atoms with Gasteiger partial charge in [0.15, 0.2) is 0 Å². The number of amides is 1. The van der Waals surface area contributed by atoms with Gasteiger partial charge < -0.3 is 10.1 Å². The lowest BCUT2D eigenvalue weighted by Crippen LogP contribution is -2.29. The van der Waals surface area contributed by atoms with Crippen LogP contribution in [0.4, 0.5) is 0 Å². The number of carbonyl (C=O) groups excluding carboxylic acids is 1. The Labute approximate surface area is 103 Å². The van der Waals surface area contributed by atoms with Gasteiger partial charge >= 0.3 is 0 Å². The van der Waals surface area contributed by atoms with Crippen molar-refractivity contribution in [2.45, 2.75) is 6.42 Å². The van der Waals surface area contributed by atoms with Gasteiger partial charge in [-0.25, -0.2) is 0 Å². The summed E-state index contributed by atoms with van der Waals surface area (Å²) >= 11 is 3.34. The van der Waals surface area contributed by atoms with Crippen LogP contribution < -0.4 is 5.32 Å². The van der Waals surface area contributed by atoms with Gasteiger partial charge in [-0.15, -0.1) is 0 Å². The monoisotopic (exact) mass is 283 g/mol. The molecule has 0 bridgehead atoms. The second-order valence-corrected chi connectivity index (χ2v) is 4.86. The maximum atomic E-state index is 11.7. The molecule has 3 nitrogen and oxygen atoms in total. The fourth-order valence-corrected chi connectivity index (χ4v) is 1.95. The zero-order chi connectivity index (χ0) is 11.4. The minimum absolute atomic E-state index is 0.0144.